The van der Waals surface area contributed by atoms with Crippen LogP contribution >= 0.6 is 0 Å². The normalized spacial score (nSPS) is 11.5. The van der Waals surface area contributed by atoms with Crippen molar-refractivity contribution in [2.75, 3.05) is 43.6 Å². The van der Waals surface area contributed by atoms with E-state index in [2.05, 4.69) is 31.0 Å². The maximum Gasteiger partial charge on any atom is 0.433 e. The third kappa shape index (κ3) is 6.59. The Balaban J connectivity index is 1.53. The Labute approximate surface area is 221 Å². The van der Waals surface area contributed by atoms with E-state index in [-0.39, 0.29) is 17.5 Å². The molecule has 3 amide bonds. The van der Waals surface area contributed by atoms with E-state index in [9.17, 15) is 22.8 Å². The zero-order chi connectivity index (χ0) is 28.2. The third-order valence-electron chi connectivity index (χ3n) is 5.63. The lowest BCUT2D eigenvalue weighted by molar-refractivity contribution is -0.141. The quantitative estimate of drug-likeness (QED) is 0.249. The highest BCUT2D eigenvalue weighted by atomic mass is 19.4. The highest BCUT2D eigenvalue weighted by Crippen LogP contribution is 2.33. The van der Waals surface area contributed by atoms with Crippen LogP contribution in [0.4, 0.5) is 35.3 Å². The van der Waals surface area contributed by atoms with Crippen LogP contribution < -0.4 is 21.7 Å². The molecular formula is C25H26F3N9O2. The van der Waals surface area contributed by atoms with Gasteiger partial charge in [0.15, 0.2) is 5.82 Å². The summed E-state index contributed by atoms with van der Waals surface area (Å²) in [6.45, 7) is 1.29. The van der Waals surface area contributed by atoms with Crippen LogP contribution in [-0.2, 0) is 6.18 Å². The van der Waals surface area contributed by atoms with Gasteiger partial charge in [-0.1, -0.05) is 18.2 Å². The first-order valence-corrected chi connectivity index (χ1v) is 11.8. The van der Waals surface area contributed by atoms with E-state index in [0.29, 0.717) is 34.4 Å². The monoisotopic (exact) mass is 541 g/mol. The summed E-state index contributed by atoms with van der Waals surface area (Å²) < 4.78 is 40.1. The van der Waals surface area contributed by atoms with Gasteiger partial charge in [0.05, 0.1) is 5.56 Å². The molecule has 4 aromatic rings. The summed E-state index contributed by atoms with van der Waals surface area (Å²) in [5, 5.41) is 11.9. The zero-order valence-electron chi connectivity index (χ0n) is 21.1. The van der Waals surface area contributed by atoms with Gasteiger partial charge in [0, 0.05) is 24.0 Å². The fourth-order valence-electron chi connectivity index (χ4n) is 3.85. The molecule has 1 aromatic carbocycles. The van der Waals surface area contributed by atoms with Crippen molar-refractivity contribution in [1.29, 1.82) is 0 Å². The van der Waals surface area contributed by atoms with Gasteiger partial charge >= 0.3 is 12.2 Å². The maximum absolute atomic E-state index is 13.1. The van der Waals surface area contributed by atoms with Crippen molar-refractivity contribution in [3.63, 3.8) is 0 Å². The smallest absolute Gasteiger partial charge is 0.382 e. The van der Waals surface area contributed by atoms with Crippen LogP contribution in [-0.4, -0.2) is 63.6 Å². The number of fused-ring (bicyclic) bond motifs is 1. The number of hydrogen-bond donors (Lipinski definition) is 4. The first-order chi connectivity index (χ1) is 18.5. The molecule has 3 heterocycles. The third-order valence-corrected chi connectivity index (χ3v) is 5.63. The van der Waals surface area contributed by atoms with Crippen molar-refractivity contribution in [3.05, 3.63) is 66.2 Å². The highest BCUT2D eigenvalue weighted by Gasteiger charge is 2.32. The number of nitrogen functional groups attached to an aromatic ring is 1. The number of carbonyl (C=O) groups is 2. The van der Waals surface area contributed by atoms with E-state index in [1.807, 2.05) is 19.0 Å². The molecular weight excluding hydrogens is 515 g/mol. The van der Waals surface area contributed by atoms with Crippen LogP contribution in [0.1, 0.15) is 22.5 Å². The van der Waals surface area contributed by atoms with Gasteiger partial charge in [0.1, 0.15) is 23.4 Å². The van der Waals surface area contributed by atoms with Crippen molar-refractivity contribution in [1.82, 2.24) is 29.8 Å². The number of nitrogens with zero attached hydrogens (tertiary/aromatic N) is 5. The van der Waals surface area contributed by atoms with E-state index >= 15 is 0 Å². The predicted octanol–water partition coefficient (Wildman–Crippen LogP) is 3.72. The number of pyridine rings is 1. The molecule has 0 spiro atoms. The average molecular weight is 542 g/mol. The fourth-order valence-corrected chi connectivity index (χ4v) is 3.85. The molecule has 0 radical (unpaired) electrons. The standard InChI is InChI=1S/C25H26F3N9O2/c1-36(2)12-4-11-30-23(38)17-13-37-21(22(29)31-14-32-37)20(17)15-7-9-16(10-8-15)33-24(39)35-19-6-3-5-18(34-19)25(26,27)28/h3,5-10,13-14H,4,11-12H2,1-2H3,(H,30,38)(H2,29,31,32)(H2,33,34,35,39). The van der Waals surface area contributed by atoms with E-state index in [1.165, 1.54) is 16.9 Å². The first kappa shape index (κ1) is 27.3. The molecule has 0 aliphatic carbocycles. The Morgan fingerprint density at radius 2 is 1.82 bits per heavy atom. The minimum atomic E-state index is -4.64. The number of nitrogens with two attached hydrogens (primary N) is 1. The van der Waals surface area contributed by atoms with Crippen molar-refractivity contribution in [2.45, 2.75) is 12.6 Å². The molecule has 0 unspecified atom stereocenters. The van der Waals surface area contributed by atoms with Gasteiger partial charge in [-0.2, -0.15) is 18.3 Å². The SMILES string of the molecule is CN(C)CCCNC(=O)c1cn2ncnc(N)c2c1-c1ccc(NC(=O)Nc2cccc(C(F)(F)F)n2)cc1. The number of urea groups is 1. The van der Waals surface area contributed by atoms with Crippen LogP contribution in [0.15, 0.2) is 55.0 Å². The highest BCUT2D eigenvalue weighted by molar-refractivity contribution is 6.07. The topological polar surface area (TPSA) is 143 Å². The van der Waals surface area contributed by atoms with Gasteiger partial charge in [-0.25, -0.2) is 19.3 Å². The van der Waals surface area contributed by atoms with Gasteiger partial charge in [0.25, 0.3) is 5.91 Å². The lowest BCUT2D eigenvalue weighted by Crippen LogP contribution is -2.27. The summed E-state index contributed by atoms with van der Waals surface area (Å²) in [4.78, 5) is 34.9. The fraction of sp³-hybridized carbons (Fsp3) is 0.240. The van der Waals surface area contributed by atoms with Gasteiger partial charge in [0.2, 0.25) is 0 Å². The van der Waals surface area contributed by atoms with Crippen molar-refractivity contribution >= 4 is 34.8 Å². The van der Waals surface area contributed by atoms with Crippen LogP contribution in [0.2, 0.25) is 0 Å². The Morgan fingerprint density at radius 3 is 2.51 bits per heavy atom. The molecule has 0 fully saturated rings. The van der Waals surface area contributed by atoms with Gasteiger partial charge in [-0.15, -0.1) is 0 Å². The number of alkyl halides is 3. The molecule has 0 saturated heterocycles. The second-order valence-electron chi connectivity index (χ2n) is 8.83. The summed E-state index contributed by atoms with van der Waals surface area (Å²) in [5.41, 5.74) is 7.28. The Kier molecular flexibility index (Phi) is 7.95. The molecule has 0 aliphatic heterocycles. The molecule has 0 aliphatic rings. The Hall–Kier alpha value is -4.72. The summed E-state index contributed by atoms with van der Waals surface area (Å²) >= 11 is 0. The largest absolute Gasteiger partial charge is 0.433 e. The Morgan fingerprint density at radius 1 is 1.08 bits per heavy atom. The number of benzene rings is 1. The molecule has 11 nitrogen and oxygen atoms in total. The second-order valence-corrected chi connectivity index (χ2v) is 8.83. The first-order valence-electron chi connectivity index (χ1n) is 11.8. The van der Waals surface area contributed by atoms with E-state index < -0.39 is 17.9 Å². The van der Waals surface area contributed by atoms with E-state index in [1.54, 1.807) is 30.5 Å². The molecule has 5 N–H and O–H groups in total. The zero-order valence-corrected chi connectivity index (χ0v) is 21.1. The van der Waals surface area contributed by atoms with Crippen molar-refractivity contribution in [3.8, 4) is 11.1 Å². The van der Waals surface area contributed by atoms with E-state index in [0.717, 1.165) is 25.1 Å². The number of rotatable bonds is 8. The number of nitrogens with one attached hydrogen (secondary N) is 3. The number of aromatic nitrogens is 4. The van der Waals surface area contributed by atoms with Crippen LogP contribution in [0, 0.1) is 0 Å². The van der Waals surface area contributed by atoms with Crippen LogP contribution in [0.25, 0.3) is 16.6 Å². The second kappa shape index (κ2) is 11.3. The molecule has 204 valence electrons. The summed E-state index contributed by atoms with van der Waals surface area (Å²) in [7, 11) is 3.90. The number of amides is 3. The predicted molar refractivity (Wildman–Crippen MR) is 140 cm³/mol. The van der Waals surface area contributed by atoms with E-state index in [4.69, 9.17) is 5.73 Å². The summed E-state index contributed by atoms with van der Waals surface area (Å²) in [5.74, 6) is -0.374. The van der Waals surface area contributed by atoms with Gasteiger partial charge in [-0.05, 0) is 56.9 Å². The van der Waals surface area contributed by atoms with Gasteiger partial charge in [-0.3, -0.25) is 10.1 Å². The molecule has 39 heavy (non-hydrogen) atoms. The molecule has 0 saturated carbocycles. The number of carbonyl (C=O) groups excluding carboxylic acids is 2. The molecule has 0 bridgehead atoms. The summed E-state index contributed by atoms with van der Waals surface area (Å²) in [6, 6.07) is 8.92. The molecule has 14 heteroatoms. The number of anilines is 3. The van der Waals surface area contributed by atoms with Crippen LogP contribution in [0.5, 0.6) is 0 Å². The molecule has 0 atom stereocenters. The van der Waals surface area contributed by atoms with Crippen LogP contribution in [0.3, 0.4) is 0 Å². The minimum Gasteiger partial charge on any atom is -0.382 e. The number of hydrogen-bond acceptors (Lipinski definition) is 7. The Bertz CT molecular complexity index is 1480. The molecule has 3 aromatic heterocycles. The number of halogens is 3. The summed E-state index contributed by atoms with van der Waals surface area (Å²) in [6.07, 6.45) is -1.01. The maximum atomic E-state index is 13.1. The van der Waals surface area contributed by atoms with Gasteiger partial charge < -0.3 is 21.3 Å². The lowest BCUT2D eigenvalue weighted by Gasteiger charge is -2.11. The average Bonchev–Trinajstić information content (AvgIpc) is 3.27. The van der Waals surface area contributed by atoms with Crippen molar-refractivity contribution < 1.29 is 22.8 Å². The molecule has 4 rings (SSSR count). The lowest BCUT2D eigenvalue weighted by atomic mass is 10.0. The minimum absolute atomic E-state index is 0.182. The van der Waals surface area contributed by atoms with Crippen molar-refractivity contribution in [2.24, 2.45) is 0 Å².